The Hall–Kier alpha value is -3.13. The van der Waals surface area contributed by atoms with Gasteiger partial charge in [0.1, 0.15) is 16.5 Å². The second kappa shape index (κ2) is 9.97. The maximum Gasteiger partial charge on any atom is 0.242 e. The van der Waals surface area contributed by atoms with E-state index in [2.05, 4.69) is 17.4 Å². The van der Waals surface area contributed by atoms with E-state index in [9.17, 15) is 9.59 Å². The van der Waals surface area contributed by atoms with E-state index in [1.165, 1.54) is 40.6 Å². The van der Waals surface area contributed by atoms with Crippen LogP contribution in [0.2, 0.25) is 5.02 Å². The van der Waals surface area contributed by atoms with Gasteiger partial charge in [-0.3, -0.25) is 9.59 Å². The van der Waals surface area contributed by atoms with Crippen LogP contribution in [0.5, 0.6) is 11.6 Å². The van der Waals surface area contributed by atoms with Crippen molar-refractivity contribution in [2.75, 3.05) is 0 Å². The number of nitrogens with one attached hydrogen (secondary N) is 1. The van der Waals surface area contributed by atoms with Crippen molar-refractivity contribution in [3.05, 3.63) is 105 Å². The molecule has 4 aromatic rings. The molecule has 0 spiro atoms. The fraction of sp³-hybridized carbons (Fsp3) is 0.207. The summed E-state index contributed by atoms with van der Waals surface area (Å²) in [5.74, 6) is 0.611. The van der Waals surface area contributed by atoms with Gasteiger partial charge in [-0.15, -0.1) is 11.8 Å². The van der Waals surface area contributed by atoms with Gasteiger partial charge in [-0.25, -0.2) is 4.98 Å². The van der Waals surface area contributed by atoms with Crippen molar-refractivity contribution in [1.29, 1.82) is 0 Å². The number of hydrogen-bond donors (Lipinski definition) is 1. The van der Waals surface area contributed by atoms with Gasteiger partial charge >= 0.3 is 0 Å². The molecule has 2 aromatic carbocycles. The number of halogens is 1. The SMILES string of the molecule is O=C1CC(c2ccsc2)(c2cccc(Oc3ccc4c(c3)CCC4)n2)NC(=O)C1Sc1ccccc1Cl. The average Bonchev–Trinajstić information content (AvgIpc) is 3.60. The third-order valence-electron chi connectivity index (χ3n) is 6.86. The zero-order valence-corrected chi connectivity index (χ0v) is 22.2. The number of Topliss-reactive ketones (excluding diaryl/α,β-unsaturated/α-hetero) is 1. The number of aromatic nitrogens is 1. The van der Waals surface area contributed by atoms with Crippen molar-refractivity contribution in [2.24, 2.45) is 0 Å². The van der Waals surface area contributed by atoms with Crippen LogP contribution in [0, 0.1) is 0 Å². The Morgan fingerprint density at radius 2 is 1.89 bits per heavy atom. The Morgan fingerprint density at radius 1 is 1.03 bits per heavy atom. The topological polar surface area (TPSA) is 68.3 Å². The fourth-order valence-corrected chi connectivity index (χ4v) is 7.00. The number of benzene rings is 2. The van der Waals surface area contributed by atoms with Crippen molar-refractivity contribution in [3.63, 3.8) is 0 Å². The molecule has 3 heterocycles. The molecule has 2 aliphatic rings. The Balaban J connectivity index is 1.32. The minimum atomic E-state index is -1.08. The molecule has 1 saturated heterocycles. The van der Waals surface area contributed by atoms with Crippen molar-refractivity contribution < 1.29 is 14.3 Å². The average molecular weight is 547 g/mol. The van der Waals surface area contributed by atoms with Crippen LogP contribution in [-0.4, -0.2) is 21.9 Å². The molecule has 37 heavy (non-hydrogen) atoms. The highest BCUT2D eigenvalue weighted by atomic mass is 35.5. The lowest BCUT2D eigenvalue weighted by molar-refractivity contribution is -0.133. The molecular weight excluding hydrogens is 524 g/mol. The molecule has 1 aliphatic carbocycles. The number of nitrogens with zero attached hydrogens (tertiary/aromatic N) is 1. The lowest BCUT2D eigenvalue weighted by atomic mass is 9.79. The van der Waals surface area contributed by atoms with Crippen molar-refractivity contribution >= 4 is 46.4 Å². The van der Waals surface area contributed by atoms with E-state index >= 15 is 0 Å². The zero-order chi connectivity index (χ0) is 25.4. The van der Waals surface area contributed by atoms with E-state index in [-0.39, 0.29) is 18.1 Å². The summed E-state index contributed by atoms with van der Waals surface area (Å²) in [6.07, 6.45) is 3.41. The monoisotopic (exact) mass is 546 g/mol. The Morgan fingerprint density at radius 3 is 2.70 bits per heavy atom. The molecule has 0 saturated carbocycles. The van der Waals surface area contributed by atoms with Crippen LogP contribution >= 0.6 is 34.7 Å². The number of amides is 1. The van der Waals surface area contributed by atoms with Crippen LogP contribution in [-0.2, 0) is 28.0 Å². The van der Waals surface area contributed by atoms with Gasteiger partial charge in [-0.1, -0.05) is 35.9 Å². The first-order valence-electron chi connectivity index (χ1n) is 12.1. The van der Waals surface area contributed by atoms with Crippen LogP contribution in [0.1, 0.15) is 35.2 Å². The third-order valence-corrected chi connectivity index (χ3v) is 9.30. The molecule has 5 nitrogen and oxygen atoms in total. The van der Waals surface area contributed by atoms with Crippen molar-refractivity contribution in [3.8, 4) is 11.6 Å². The predicted octanol–water partition coefficient (Wildman–Crippen LogP) is 6.57. The fourth-order valence-electron chi connectivity index (χ4n) is 5.03. The summed E-state index contributed by atoms with van der Waals surface area (Å²) < 4.78 is 6.14. The number of ether oxygens (including phenoxy) is 1. The number of ketones is 1. The molecule has 1 N–H and O–H groups in total. The van der Waals surface area contributed by atoms with Gasteiger partial charge in [0.25, 0.3) is 0 Å². The predicted molar refractivity (Wildman–Crippen MR) is 147 cm³/mol. The first-order valence-corrected chi connectivity index (χ1v) is 14.3. The van der Waals surface area contributed by atoms with Gasteiger partial charge < -0.3 is 10.1 Å². The maximum atomic E-state index is 13.5. The Kier molecular flexibility index (Phi) is 6.53. The summed E-state index contributed by atoms with van der Waals surface area (Å²) in [5.41, 5.74) is 2.99. The van der Waals surface area contributed by atoms with E-state index in [0.29, 0.717) is 21.5 Å². The molecule has 8 heteroatoms. The highest BCUT2D eigenvalue weighted by molar-refractivity contribution is 8.01. The standard InChI is InChI=1S/C29H23ClN2O3S2/c30-22-7-1-2-8-24(22)37-27-23(33)16-29(32-28(27)34,20-13-14-36-17-20)25-9-4-10-26(31-25)35-21-12-11-18-5-3-6-19(18)15-21/h1-2,4,7-15,17,27H,3,5-6,16H2,(H,32,34). The number of carbonyl (C=O) groups excluding carboxylic acids is 2. The lowest BCUT2D eigenvalue weighted by Gasteiger charge is -2.39. The molecule has 0 bridgehead atoms. The van der Waals surface area contributed by atoms with Gasteiger partial charge in [0.05, 0.1) is 10.7 Å². The number of thiophene rings is 1. The summed E-state index contributed by atoms with van der Waals surface area (Å²) in [5, 5.41) is 6.67. The number of pyridine rings is 1. The van der Waals surface area contributed by atoms with Crippen molar-refractivity contribution in [1.82, 2.24) is 10.3 Å². The molecule has 1 aliphatic heterocycles. The second-order valence-corrected chi connectivity index (χ2v) is 11.6. The van der Waals surface area contributed by atoms with Gasteiger partial charge in [-0.2, -0.15) is 11.3 Å². The maximum absolute atomic E-state index is 13.5. The molecule has 2 atom stereocenters. The molecule has 2 aromatic heterocycles. The molecular formula is C29H23ClN2O3S2. The lowest BCUT2D eigenvalue weighted by Crippen LogP contribution is -2.58. The van der Waals surface area contributed by atoms with Crippen LogP contribution < -0.4 is 10.1 Å². The number of aryl methyl sites for hydroxylation is 2. The summed E-state index contributed by atoms with van der Waals surface area (Å²) in [6.45, 7) is 0. The molecule has 1 amide bonds. The first kappa shape index (κ1) is 24.2. The van der Waals surface area contributed by atoms with Gasteiger partial charge in [0, 0.05) is 17.4 Å². The Bertz CT molecular complexity index is 1470. The number of rotatable bonds is 6. The molecule has 6 rings (SSSR count). The molecule has 1 fully saturated rings. The van der Waals surface area contributed by atoms with Crippen LogP contribution in [0.4, 0.5) is 0 Å². The minimum absolute atomic E-state index is 0.0763. The number of thioether (sulfide) groups is 1. The number of piperidine rings is 1. The van der Waals surface area contributed by atoms with Gasteiger partial charge in [-0.05, 0) is 83.1 Å². The summed E-state index contributed by atoms with van der Waals surface area (Å²) in [6, 6.07) is 20.8. The Labute approximate surface area is 228 Å². The van der Waals surface area contributed by atoms with Gasteiger partial charge in [0.2, 0.25) is 11.8 Å². The smallest absolute Gasteiger partial charge is 0.242 e. The highest BCUT2D eigenvalue weighted by Crippen LogP contribution is 2.41. The van der Waals surface area contributed by atoms with Crippen LogP contribution in [0.15, 0.2) is 82.4 Å². The second-order valence-electron chi connectivity index (χ2n) is 9.23. The van der Waals surface area contributed by atoms with Gasteiger partial charge in [0.15, 0.2) is 5.78 Å². The number of hydrogen-bond acceptors (Lipinski definition) is 6. The van der Waals surface area contributed by atoms with E-state index in [1.807, 2.05) is 53.2 Å². The molecule has 186 valence electrons. The van der Waals surface area contributed by atoms with E-state index in [4.69, 9.17) is 21.3 Å². The molecule has 2 unspecified atom stereocenters. The summed E-state index contributed by atoms with van der Waals surface area (Å²) in [4.78, 5) is 32.4. The van der Waals surface area contributed by atoms with E-state index < -0.39 is 10.8 Å². The summed E-state index contributed by atoms with van der Waals surface area (Å²) in [7, 11) is 0. The molecule has 0 radical (unpaired) electrons. The number of fused-ring (bicyclic) bond motifs is 1. The van der Waals surface area contributed by atoms with Crippen LogP contribution in [0.3, 0.4) is 0 Å². The van der Waals surface area contributed by atoms with E-state index in [0.717, 1.165) is 24.2 Å². The first-order chi connectivity index (χ1) is 18.0. The normalized spacial score (nSPS) is 20.9. The summed E-state index contributed by atoms with van der Waals surface area (Å²) >= 11 is 8.99. The van der Waals surface area contributed by atoms with Crippen molar-refractivity contribution in [2.45, 2.75) is 41.4 Å². The third kappa shape index (κ3) is 4.67. The highest BCUT2D eigenvalue weighted by Gasteiger charge is 2.48. The zero-order valence-electron chi connectivity index (χ0n) is 19.8. The van der Waals surface area contributed by atoms with E-state index in [1.54, 1.807) is 12.1 Å². The quantitative estimate of drug-likeness (QED) is 0.277. The largest absolute Gasteiger partial charge is 0.439 e. The van der Waals surface area contributed by atoms with Crippen LogP contribution in [0.25, 0.3) is 0 Å². The number of carbonyl (C=O) groups is 2. The minimum Gasteiger partial charge on any atom is -0.439 e.